The molecule has 36 heavy (non-hydrogen) atoms. The van der Waals surface area contributed by atoms with Crippen molar-refractivity contribution in [3.63, 3.8) is 0 Å². The summed E-state index contributed by atoms with van der Waals surface area (Å²) in [6.07, 6.45) is 1.07. The molecule has 1 fully saturated rings. The molecule has 1 saturated heterocycles. The summed E-state index contributed by atoms with van der Waals surface area (Å²) in [5.41, 5.74) is 4.00. The first-order valence-corrected chi connectivity index (χ1v) is 14.4. The maximum Gasteiger partial charge on any atom is 0.247 e. The van der Waals surface area contributed by atoms with E-state index in [1.807, 2.05) is 50.2 Å². The fourth-order valence-electron chi connectivity index (χ4n) is 4.68. The van der Waals surface area contributed by atoms with Gasteiger partial charge in [-0.25, -0.2) is 13.4 Å². The minimum atomic E-state index is -3.86. The number of aryl methyl sites for hydroxylation is 2. The summed E-state index contributed by atoms with van der Waals surface area (Å²) in [6.45, 7) is 4.66. The van der Waals surface area contributed by atoms with Gasteiger partial charge in [-0.3, -0.25) is 9.69 Å². The van der Waals surface area contributed by atoms with Crippen LogP contribution in [0.25, 0.3) is 10.2 Å². The molecule has 6 nitrogen and oxygen atoms in total. The maximum atomic E-state index is 14.1. The number of amides is 1. The number of anilines is 1. The van der Waals surface area contributed by atoms with E-state index in [4.69, 9.17) is 16.6 Å². The number of benzene rings is 3. The lowest BCUT2D eigenvalue weighted by atomic mass is 10.1. The quantitative estimate of drug-likeness (QED) is 0.303. The van der Waals surface area contributed by atoms with Gasteiger partial charge in [0.05, 0.1) is 21.7 Å². The van der Waals surface area contributed by atoms with E-state index < -0.39 is 16.1 Å². The lowest BCUT2D eigenvalue weighted by Crippen LogP contribution is -2.47. The summed E-state index contributed by atoms with van der Waals surface area (Å²) in [6, 6.07) is 19.1. The zero-order valence-corrected chi connectivity index (χ0v) is 22.4. The van der Waals surface area contributed by atoms with Crippen LogP contribution in [0.3, 0.4) is 0 Å². The average molecular weight is 540 g/mol. The number of halogens is 1. The van der Waals surface area contributed by atoms with E-state index in [1.165, 1.54) is 27.8 Å². The van der Waals surface area contributed by atoms with Gasteiger partial charge in [-0.1, -0.05) is 59.3 Å². The Labute approximate surface area is 220 Å². The van der Waals surface area contributed by atoms with E-state index in [1.54, 1.807) is 17.0 Å². The molecule has 3 aromatic carbocycles. The zero-order chi connectivity index (χ0) is 25.4. The van der Waals surface area contributed by atoms with Gasteiger partial charge in [-0.15, -0.1) is 0 Å². The van der Waals surface area contributed by atoms with Gasteiger partial charge in [-0.05, 0) is 73.7 Å². The first kappa shape index (κ1) is 24.9. The Balaban J connectivity index is 1.54. The van der Waals surface area contributed by atoms with E-state index in [-0.39, 0.29) is 10.8 Å². The Morgan fingerprint density at radius 3 is 2.56 bits per heavy atom. The molecule has 1 aromatic heterocycles. The third kappa shape index (κ3) is 4.78. The zero-order valence-electron chi connectivity index (χ0n) is 20.0. The normalized spacial score (nSPS) is 16.5. The van der Waals surface area contributed by atoms with Crippen LogP contribution in [-0.2, 0) is 21.4 Å². The molecule has 4 aromatic rings. The van der Waals surface area contributed by atoms with Crippen molar-refractivity contribution in [2.24, 2.45) is 0 Å². The molecule has 0 saturated carbocycles. The van der Waals surface area contributed by atoms with Crippen molar-refractivity contribution in [1.29, 1.82) is 0 Å². The number of carbonyl (C=O) groups excluding carboxylic acids is 1. The number of hydrogen-bond donors (Lipinski definition) is 0. The molecule has 0 radical (unpaired) electrons. The van der Waals surface area contributed by atoms with Gasteiger partial charge in [-0.2, -0.15) is 4.31 Å². The number of hydrogen-bond acceptors (Lipinski definition) is 5. The predicted molar refractivity (Wildman–Crippen MR) is 145 cm³/mol. The summed E-state index contributed by atoms with van der Waals surface area (Å²) in [5, 5.41) is 1.03. The van der Waals surface area contributed by atoms with Gasteiger partial charge < -0.3 is 0 Å². The van der Waals surface area contributed by atoms with Crippen molar-refractivity contribution in [3.05, 3.63) is 88.4 Å². The first-order chi connectivity index (χ1) is 17.2. The number of thiazole rings is 1. The standard InChI is InChI=1S/C27H26ClN3O3S2/c1-18-15-19(2)25-23(16-18)29-27(35-25)30(17-20-7-4-3-5-8-20)26(32)24-9-6-14-31(24)36(33,34)22-12-10-21(28)11-13-22/h3-5,7-8,10-13,15-16,24H,6,9,14,17H2,1-2H3. The Hall–Kier alpha value is -2.78. The molecule has 2 heterocycles. The highest BCUT2D eigenvalue weighted by Crippen LogP contribution is 2.35. The van der Waals surface area contributed by atoms with Gasteiger partial charge >= 0.3 is 0 Å². The number of nitrogens with zero attached hydrogens (tertiary/aromatic N) is 3. The Bertz CT molecular complexity index is 1520. The second-order valence-electron chi connectivity index (χ2n) is 9.06. The van der Waals surface area contributed by atoms with Gasteiger partial charge in [0.1, 0.15) is 6.04 Å². The molecular formula is C27H26ClN3O3S2. The number of carbonyl (C=O) groups is 1. The third-order valence-corrected chi connectivity index (χ3v) is 9.80. The van der Waals surface area contributed by atoms with Crippen LogP contribution in [-0.4, -0.2) is 36.2 Å². The van der Waals surface area contributed by atoms with Crippen molar-refractivity contribution in [3.8, 4) is 0 Å². The molecule has 9 heteroatoms. The van der Waals surface area contributed by atoms with Crippen LogP contribution in [0.4, 0.5) is 5.13 Å². The minimum Gasteiger partial charge on any atom is -0.282 e. The highest BCUT2D eigenvalue weighted by molar-refractivity contribution is 7.89. The number of fused-ring (bicyclic) bond motifs is 1. The first-order valence-electron chi connectivity index (χ1n) is 11.7. The molecule has 0 N–H and O–H groups in total. The molecule has 1 atom stereocenters. The predicted octanol–water partition coefficient (Wildman–Crippen LogP) is 5.95. The van der Waals surface area contributed by atoms with E-state index >= 15 is 0 Å². The summed E-state index contributed by atoms with van der Waals surface area (Å²) in [4.78, 5) is 20.7. The third-order valence-electron chi connectivity index (χ3n) is 6.40. The molecule has 186 valence electrons. The van der Waals surface area contributed by atoms with Gasteiger partial charge in [0.2, 0.25) is 15.9 Å². The monoisotopic (exact) mass is 539 g/mol. The number of rotatable bonds is 6. The molecule has 0 spiro atoms. The van der Waals surface area contributed by atoms with E-state index in [0.717, 1.165) is 26.9 Å². The average Bonchev–Trinajstić information content (AvgIpc) is 3.51. The second-order valence-corrected chi connectivity index (χ2v) is 12.4. The van der Waals surface area contributed by atoms with Crippen molar-refractivity contribution in [2.75, 3.05) is 11.4 Å². The molecule has 1 amide bonds. The van der Waals surface area contributed by atoms with E-state index in [2.05, 4.69) is 6.07 Å². The smallest absolute Gasteiger partial charge is 0.247 e. The Kier molecular flexibility index (Phi) is 6.87. The molecule has 0 bridgehead atoms. The fourth-order valence-corrected chi connectivity index (χ4v) is 7.48. The highest BCUT2D eigenvalue weighted by Gasteiger charge is 2.42. The molecule has 5 rings (SSSR count). The van der Waals surface area contributed by atoms with Crippen LogP contribution in [0.1, 0.15) is 29.5 Å². The van der Waals surface area contributed by atoms with Crippen LogP contribution < -0.4 is 4.90 Å². The van der Waals surface area contributed by atoms with Crippen LogP contribution >= 0.6 is 22.9 Å². The Morgan fingerprint density at radius 1 is 1.11 bits per heavy atom. The van der Waals surface area contributed by atoms with Gasteiger partial charge in [0.25, 0.3) is 0 Å². The lowest BCUT2D eigenvalue weighted by molar-refractivity contribution is -0.121. The van der Waals surface area contributed by atoms with Crippen LogP contribution in [0.5, 0.6) is 0 Å². The minimum absolute atomic E-state index is 0.132. The number of aromatic nitrogens is 1. The fraction of sp³-hybridized carbons (Fsp3) is 0.259. The Morgan fingerprint density at radius 2 is 1.83 bits per heavy atom. The van der Waals surface area contributed by atoms with E-state index in [9.17, 15) is 13.2 Å². The molecule has 1 aliphatic heterocycles. The van der Waals surface area contributed by atoms with Crippen molar-refractivity contribution < 1.29 is 13.2 Å². The largest absolute Gasteiger partial charge is 0.282 e. The molecule has 1 aliphatic rings. The second kappa shape index (κ2) is 9.94. The summed E-state index contributed by atoms with van der Waals surface area (Å²) < 4.78 is 29.4. The summed E-state index contributed by atoms with van der Waals surface area (Å²) in [7, 11) is -3.86. The molecule has 0 aliphatic carbocycles. The molecular weight excluding hydrogens is 514 g/mol. The topological polar surface area (TPSA) is 70.6 Å². The van der Waals surface area contributed by atoms with Crippen molar-refractivity contribution in [1.82, 2.24) is 9.29 Å². The van der Waals surface area contributed by atoms with Crippen LogP contribution in [0, 0.1) is 13.8 Å². The number of sulfonamides is 1. The SMILES string of the molecule is Cc1cc(C)c2sc(N(Cc3ccccc3)C(=O)C3CCCN3S(=O)(=O)c3ccc(Cl)cc3)nc2c1. The highest BCUT2D eigenvalue weighted by atomic mass is 35.5. The van der Waals surface area contributed by atoms with Crippen LogP contribution in [0.15, 0.2) is 71.6 Å². The van der Waals surface area contributed by atoms with Gasteiger partial charge in [0.15, 0.2) is 5.13 Å². The summed E-state index contributed by atoms with van der Waals surface area (Å²) in [5.74, 6) is -0.262. The lowest BCUT2D eigenvalue weighted by Gasteiger charge is -2.28. The summed E-state index contributed by atoms with van der Waals surface area (Å²) >= 11 is 7.43. The maximum absolute atomic E-state index is 14.1. The van der Waals surface area contributed by atoms with Crippen molar-refractivity contribution in [2.45, 2.75) is 44.2 Å². The van der Waals surface area contributed by atoms with Crippen molar-refractivity contribution >= 4 is 54.2 Å². The van der Waals surface area contributed by atoms with E-state index in [0.29, 0.717) is 36.1 Å². The van der Waals surface area contributed by atoms with Crippen LogP contribution in [0.2, 0.25) is 5.02 Å². The molecule has 1 unspecified atom stereocenters. The van der Waals surface area contributed by atoms with Gasteiger partial charge in [0, 0.05) is 11.6 Å².